The summed E-state index contributed by atoms with van der Waals surface area (Å²) >= 11 is 0. The van der Waals surface area contributed by atoms with Gasteiger partial charge in [0.25, 0.3) is 0 Å². The summed E-state index contributed by atoms with van der Waals surface area (Å²) in [6.07, 6.45) is 0.325. The minimum atomic E-state index is -0.154. The highest BCUT2D eigenvalue weighted by atomic mass is 16.2. The molecule has 5 nitrogen and oxygen atoms in total. The predicted octanol–water partition coefficient (Wildman–Crippen LogP) is 1.60. The van der Waals surface area contributed by atoms with E-state index in [9.17, 15) is 9.59 Å². The molecule has 4 N–H and O–H groups in total. The van der Waals surface area contributed by atoms with E-state index in [4.69, 9.17) is 11.5 Å². The molecule has 5 heteroatoms. The van der Waals surface area contributed by atoms with Crippen LogP contribution in [-0.2, 0) is 11.2 Å². The van der Waals surface area contributed by atoms with E-state index >= 15 is 0 Å². The summed E-state index contributed by atoms with van der Waals surface area (Å²) in [6.45, 7) is 0. The molecule has 21 heavy (non-hydrogen) atoms. The van der Waals surface area contributed by atoms with Crippen molar-refractivity contribution in [1.82, 2.24) is 0 Å². The lowest BCUT2D eigenvalue weighted by Gasteiger charge is -2.10. The van der Waals surface area contributed by atoms with E-state index in [0.29, 0.717) is 28.9 Å². The number of hydrogen-bond acceptors (Lipinski definition) is 4. The van der Waals surface area contributed by atoms with Crippen molar-refractivity contribution in [3.8, 4) is 0 Å². The van der Waals surface area contributed by atoms with Crippen molar-refractivity contribution >= 4 is 28.8 Å². The predicted molar refractivity (Wildman–Crippen MR) is 82.3 cm³/mol. The second kappa shape index (κ2) is 4.63. The fourth-order valence-corrected chi connectivity index (χ4v) is 2.59. The van der Waals surface area contributed by atoms with E-state index in [1.807, 2.05) is 0 Å². The number of nitrogens with two attached hydrogens (primary N) is 2. The molecule has 0 spiro atoms. The van der Waals surface area contributed by atoms with E-state index < -0.39 is 0 Å². The van der Waals surface area contributed by atoms with Crippen molar-refractivity contribution in [2.45, 2.75) is 6.42 Å². The van der Waals surface area contributed by atoms with E-state index in [1.165, 1.54) is 0 Å². The Balaban J connectivity index is 2.00. The highest BCUT2D eigenvalue weighted by Gasteiger charge is 2.25. The first-order valence-electron chi connectivity index (χ1n) is 6.56. The Labute approximate surface area is 122 Å². The van der Waals surface area contributed by atoms with Gasteiger partial charge in [0.15, 0.2) is 5.78 Å². The number of fused-ring (bicyclic) bond motifs is 1. The maximum atomic E-state index is 12.5. The number of rotatable bonds is 2. The maximum absolute atomic E-state index is 12.5. The zero-order valence-corrected chi connectivity index (χ0v) is 11.6. The van der Waals surface area contributed by atoms with Crippen molar-refractivity contribution < 1.29 is 9.59 Å². The molecule has 0 fully saturated rings. The Morgan fingerprint density at radius 3 is 2.38 bits per heavy atom. The Morgan fingerprint density at radius 2 is 1.71 bits per heavy atom. The summed E-state index contributed by atoms with van der Waals surface area (Å²) in [5, 5.41) is 0. The quantitative estimate of drug-likeness (QED) is 0.646. The maximum Gasteiger partial charge on any atom is 0.231 e. The number of anilines is 3. The summed E-state index contributed by atoms with van der Waals surface area (Å²) in [6, 6.07) is 10.1. The average Bonchev–Trinajstić information content (AvgIpc) is 2.71. The average molecular weight is 281 g/mol. The minimum Gasteiger partial charge on any atom is -0.399 e. The third-order valence-corrected chi connectivity index (χ3v) is 3.66. The molecule has 0 aliphatic carbocycles. The summed E-state index contributed by atoms with van der Waals surface area (Å²) in [5.41, 5.74) is 15.0. The fraction of sp³-hybridized carbons (Fsp3) is 0.125. The van der Waals surface area contributed by atoms with Crippen LogP contribution in [0.3, 0.4) is 0 Å². The molecule has 1 amide bonds. The van der Waals surface area contributed by atoms with Crippen LogP contribution in [0, 0.1) is 0 Å². The van der Waals surface area contributed by atoms with Gasteiger partial charge in [-0.3, -0.25) is 9.59 Å². The second-order valence-corrected chi connectivity index (χ2v) is 5.19. The van der Waals surface area contributed by atoms with Crippen molar-refractivity contribution in [1.29, 1.82) is 0 Å². The Kier molecular flexibility index (Phi) is 2.90. The monoisotopic (exact) mass is 281 g/mol. The molecule has 0 radical (unpaired) electrons. The van der Waals surface area contributed by atoms with Crippen molar-refractivity contribution in [2.24, 2.45) is 0 Å². The summed E-state index contributed by atoms with van der Waals surface area (Å²) < 4.78 is 0. The molecule has 0 bridgehead atoms. The van der Waals surface area contributed by atoms with E-state index in [0.717, 1.165) is 11.3 Å². The number of carbonyl (C=O) groups is 2. The topological polar surface area (TPSA) is 89.4 Å². The van der Waals surface area contributed by atoms with Gasteiger partial charge in [0.1, 0.15) is 0 Å². The van der Waals surface area contributed by atoms with Gasteiger partial charge in [0.2, 0.25) is 5.91 Å². The molecule has 1 aliphatic rings. The number of nitrogen functional groups attached to an aromatic ring is 2. The largest absolute Gasteiger partial charge is 0.399 e. The lowest BCUT2D eigenvalue weighted by atomic mass is 9.99. The van der Waals surface area contributed by atoms with Gasteiger partial charge < -0.3 is 16.4 Å². The lowest BCUT2D eigenvalue weighted by molar-refractivity contribution is -0.117. The van der Waals surface area contributed by atoms with Crippen LogP contribution in [0.2, 0.25) is 0 Å². The SMILES string of the molecule is CN1C(=O)Cc2cc(C(=O)c3cc(N)cc(N)c3)ccc21. The standard InChI is InChI=1S/C16H15N3O2/c1-19-14-3-2-9(4-10(14)7-15(19)20)16(21)11-5-12(17)8-13(18)6-11/h2-6,8H,7,17-18H2,1H3. The molecule has 2 aromatic carbocycles. The van der Waals surface area contributed by atoms with Gasteiger partial charge in [-0.15, -0.1) is 0 Å². The van der Waals surface area contributed by atoms with Crippen LogP contribution in [0.4, 0.5) is 17.1 Å². The van der Waals surface area contributed by atoms with Crippen LogP contribution in [0.15, 0.2) is 36.4 Å². The van der Waals surface area contributed by atoms with Crippen molar-refractivity contribution in [3.05, 3.63) is 53.1 Å². The van der Waals surface area contributed by atoms with Gasteiger partial charge in [0.05, 0.1) is 6.42 Å². The van der Waals surface area contributed by atoms with Gasteiger partial charge in [0, 0.05) is 35.2 Å². The zero-order valence-electron chi connectivity index (χ0n) is 11.6. The highest BCUT2D eigenvalue weighted by Crippen LogP contribution is 2.29. The molecule has 3 rings (SSSR count). The van der Waals surface area contributed by atoms with Crippen molar-refractivity contribution in [3.63, 3.8) is 0 Å². The van der Waals surface area contributed by atoms with Crippen LogP contribution >= 0.6 is 0 Å². The smallest absolute Gasteiger partial charge is 0.231 e. The Hall–Kier alpha value is -2.82. The van der Waals surface area contributed by atoms with E-state index in [2.05, 4.69) is 0 Å². The molecule has 0 unspecified atom stereocenters. The number of nitrogens with zero attached hydrogens (tertiary/aromatic N) is 1. The first kappa shape index (κ1) is 13.2. The molecule has 1 aliphatic heterocycles. The van der Waals surface area contributed by atoms with Crippen LogP contribution in [-0.4, -0.2) is 18.7 Å². The molecule has 0 saturated carbocycles. The molecular formula is C16H15N3O2. The normalized spacial score (nSPS) is 13.4. The first-order valence-corrected chi connectivity index (χ1v) is 6.56. The molecule has 106 valence electrons. The molecule has 0 atom stereocenters. The Morgan fingerprint density at radius 1 is 1.05 bits per heavy atom. The summed E-state index contributed by atoms with van der Waals surface area (Å²) in [4.78, 5) is 25.8. The number of hydrogen-bond donors (Lipinski definition) is 2. The first-order chi connectivity index (χ1) is 9.95. The molecule has 0 saturated heterocycles. The summed E-state index contributed by atoms with van der Waals surface area (Å²) in [7, 11) is 1.73. The van der Waals surface area contributed by atoms with Crippen LogP contribution in [0.1, 0.15) is 21.5 Å². The molecule has 2 aromatic rings. The summed E-state index contributed by atoms with van der Waals surface area (Å²) in [5.74, 6) is -0.124. The number of benzene rings is 2. The van der Waals surface area contributed by atoms with E-state index in [1.54, 1.807) is 48.3 Å². The van der Waals surface area contributed by atoms with Gasteiger partial charge in [-0.25, -0.2) is 0 Å². The lowest BCUT2D eigenvalue weighted by Crippen LogP contribution is -2.20. The van der Waals surface area contributed by atoms with Crippen LogP contribution in [0.5, 0.6) is 0 Å². The number of ketones is 1. The van der Waals surface area contributed by atoms with Crippen LogP contribution < -0.4 is 16.4 Å². The number of likely N-dealkylation sites (N-methyl/N-ethyl adjacent to an activating group) is 1. The number of amides is 1. The molecule has 1 heterocycles. The fourth-order valence-electron chi connectivity index (χ4n) is 2.59. The molecule has 0 aromatic heterocycles. The zero-order chi connectivity index (χ0) is 15.1. The second-order valence-electron chi connectivity index (χ2n) is 5.19. The highest BCUT2D eigenvalue weighted by molar-refractivity contribution is 6.11. The minimum absolute atomic E-state index is 0.0304. The third-order valence-electron chi connectivity index (χ3n) is 3.66. The van der Waals surface area contributed by atoms with E-state index in [-0.39, 0.29) is 11.7 Å². The molecular weight excluding hydrogens is 266 g/mol. The third kappa shape index (κ3) is 2.23. The van der Waals surface area contributed by atoms with Gasteiger partial charge in [-0.05, 0) is 42.0 Å². The van der Waals surface area contributed by atoms with Crippen LogP contribution in [0.25, 0.3) is 0 Å². The number of carbonyl (C=O) groups excluding carboxylic acids is 2. The van der Waals surface area contributed by atoms with Gasteiger partial charge in [-0.1, -0.05) is 0 Å². The van der Waals surface area contributed by atoms with Crippen molar-refractivity contribution in [2.75, 3.05) is 23.4 Å². The Bertz CT molecular complexity index is 748. The van der Waals surface area contributed by atoms with Gasteiger partial charge in [-0.2, -0.15) is 0 Å². The van der Waals surface area contributed by atoms with Gasteiger partial charge >= 0.3 is 0 Å².